The Kier molecular flexibility index (Phi) is 25.5. The van der Waals surface area contributed by atoms with E-state index in [1.165, 1.54) is 12.2 Å². The topological polar surface area (TPSA) is 110 Å². The summed E-state index contributed by atoms with van der Waals surface area (Å²) in [5.41, 5.74) is 9.96. The number of rotatable bonds is 9. The largest absolute Gasteiger partial charge is 0.370 e. The molecule has 6 nitrogen and oxygen atoms in total. The van der Waals surface area contributed by atoms with Crippen LogP contribution in [0.5, 0.6) is 0 Å². The van der Waals surface area contributed by atoms with E-state index in [9.17, 15) is 14.0 Å². The van der Waals surface area contributed by atoms with Crippen molar-refractivity contribution < 1.29 is 14.0 Å². The first-order valence-electron chi connectivity index (χ1n) is 10.1. The zero-order chi connectivity index (χ0) is 23.8. The Morgan fingerprint density at radius 1 is 1.20 bits per heavy atom. The molecule has 0 aliphatic heterocycles. The molecule has 170 valence electrons. The second-order valence-electron chi connectivity index (χ2n) is 5.15. The molecule has 0 saturated carbocycles. The van der Waals surface area contributed by atoms with Crippen molar-refractivity contribution in [2.24, 2.45) is 11.6 Å². The molecule has 0 atom stereocenters. The lowest BCUT2D eigenvalue weighted by molar-refractivity contribution is -0.117. The Labute approximate surface area is 181 Å². The smallest absolute Gasteiger partial charge is 0.251 e. The fourth-order valence-corrected chi connectivity index (χ4v) is 1.94. The molecule has 30 heavy (non-hydrogen) atoms. The number of benzene rings is 1. The number of hydrazine groups is 1. The molecule has 0 spiro atoms. The maximum absolute atomic E-state index is 12.0. The van der Waals surface area contributed by atoms with Gasteiger partial charge in [0.25, 0.3) is 5.91 Å². The molecular weight excluding hydrogens is 383 g/mol. The molecule has 2 amide bonds. The monoisotopic (exact) mass is 422 g/mol. The Balaban J connectivity index is -0.000000692. The lowest BCUT2D eigenvalue weighted by Gasteiger charge is -2.11. The van der Waals surface area contributed by atoms with Crippen LogP contribution in [0.2, 0.25) is 0 Å². The van der Waals surface area contributed by atoms with Crippen molar-refractivity contribution in [2.45, 2.75) is 53.9 Å². The third-order valence-electron chi connectivity index (χ3n) is 3.20. The van der Waals surface area contributed by atoms with Crippen molar-refractivity contribution in [2.75, 3.05) is 12.0 Å². The predicted molar refractivity (Wildman–Crippen MR) is 127 cm³/mol. The number of allylic oxidation sites excluding steroid dienone is 4. The first kappa shape index (κ1) is 31.8. The number of aryl methyl sites for hydroxylation is 1. The third kappa shape index (κ3) is 17.2. The van der Waals surface area contributed by atoms with E-state index in [4.69, 9.17) is 11.6 Å². The van der Waals surface area contributed by atoms with Gasteiger partial charge in [0.1, 0.15) is 0 Å². The minimum Gasteiger partial charge on any atom is -0.370 e. The van der Waals surface area contributed by atoms with Gasteiger partial charge in [0.2, 0.25) is 5.91 Å². The fraction of sp³-hybridized carbons (Fsp3) is 0.391. The Hall–Kier alpha value is -2.93. The summed E-state index contributed by atoms with van der Waals surface area (Å²) in [5, 5.41) is 2.66. The van der Waals surface area contributed by atoms with E-state index < -0.39 is 5.91 Å². The van der Waals surface area contributed by atoms with Crippen molar-refractivity contribution in [3.8, 4) is 0 Å². The number of nitrogens with one attached hydrogen (secondary N) is 2. The second-order valence-corrected chi connectivity index (χ2v) is 5.15. The number of nitrogens with two attached hydrogens (primary N) is 2. The number of hydrogen-bond donors (Lipinski definition) is 4. The quantitative estimate of drug-likeness (QED) is 0.198. The van der Waals surface area contributed by atoms with Crippen LogP contribution in [-0.2, 0) is 11.2 Å². The van der Waals surface area contributed by atoms with E-state index in [0.29, 0.717) is 11.9 Å². The van der Waals surface area contributed by atoms with Crippen molar-refractivity contribution in [1.29, 1.82) is 0 Å². The number of anilines is 1. The first-order chi connectivity index (χ1) is 14.5. The second kappa shape index (κ2) is 24.1. The van der Waals surface area contributed by atoms with Crippen LogP contribution < -0.4 is 22.3 Å². The van der Waals surface area contributed by atoms with Crippen molar-refractivity contribution in [1.82, 2.24) is 5.32 Å². The zero-order valence-electron chi connectivity index (χ0n) is 19.0. The average molecular weight is 423 g/mol. The van der Waals surface area contributed by atoms with Crippen LogP contribution in [0.1, 0.15) is 63.4 Å². The summed E-state index contributed by atoms with van der Waals surface area (Å²) in [5.74, 6) is 4.81. The summed E-state index contributed by atoms with van der Waals surface area (Å²) in [4.78, 5) is 22.6. The minimum absolute atomic E-state index is 0.127. The molecular formula is C23H39FN4O2. The minimum atomic E-state index is -0.440. The maximum atomic E-state index is 12.0. The van der Waals surface area contributed by atoms with Crippen molar-refractivity contribution >= 4 is 17.5 Å². The van der Waals surface area contributed by atoms with E-state index in [2.05, 4.69) is 23.4 Å². The van der Waals surface area contributed by atoms with E-state index in [-0.39, 0.29) is 18.9 Å². The number of primary amides is 1. The summed E-state index contributed by atoms with van der Waals surface area (Å²) in [6, 6.07) is 5.26. The molecule has 0 unspecified atom stereocenters. The van der Waals surface area contributed by atoms with Crippen LogP contribution in [0.3, 0.4) is 0 Å². The summed E-state index contributed by atoms with van der Waals surface area (Å²) in [6.45, 7) is 13.4. The van der Waals surface area contributed by atoms with Crippen LogP contribution in [0.4, 0.5) is 10.1 Å². The molecule has 0 aliphatic carbocycles. The van der Waals surface area contributed by atoms with E-state index in [1.807, 2.05) is 40.7 Å². The predicted octanol–water partition coefficient (Wildman–Crippen LogP) is 4.79. The van der Waals surface area contributed by atoms with Gasteiger partial charge in [-0.15, -0.1) is 0 Å². The van der Waals surface area contributed by atoms with Crippen LogP contribution in [0, 0.1) is 0 Å². The van der Waals surface area contributed by atoms with E-state index in [1.54, 1.807) is 18.2 Å². The zero-order valence-corrected chi connectivity index (χ0v) is 19.0. The molecule has 0 bridgehead atoms. The van der Waals surface area contributed by atoms with Crippen molar-refractivity contribution in [3.63, 3.8) is 0 Å². The Bertz CT molecular complexity index is 644. The molecule has 1 aromatic carbocycles. The maximum Gasteiger partial charge on any atom is 0.251 e. The third-order valence-corrected chi connectivity index (χ3v) is 3.20. The summed E-state index contributed by atoms with van der Waals surface area (Å²) in [7, 11) is 0. The highest BCUT2D eigenvalue weighted by molar-refractivity contribution is 5.95. The lowest BCUT2D eigenvalue weighted by Crippen LogP contribution is -2.28. The normalized spacial score (nSPS) is 9.30. The highest BCUT2D eigenvalue weighted by Gasteiger charge is 2.09. The molecule has 6 N–H and O–H groups in total. The molecule has 1 aromatic rings. The van der Waals surface area contributed by atoms with Gasteiger partial charge < -0.3 is 16.5 Å². The molecule has 0 heterocycles. The van der Waals surface area contributed by atoms with Gasteiger partial charge in [0, 0.05) is 18.5 Å². The van der Waals surface area contributed by atoms with Crippen molar-refractivity contribution in [3.05, 3.63) is 66.5 Å². The molecule has 0 fully saturated rings. The van der Waals surface area contributed by atoms with Gasteiger partial charge in [-0.1, -0.05) is 52.5 Å². The van der Waals surface area contributed by atoms with E-state index in [0.717, 1.165) is 24.1 Å². The number of hydrogen-bond acceptors (Lipinski definition) is 4. The van der Waals surface area contributed by atoms with Gasteiger partial charge in [-0.3, -0.25) is 15.4 Å². The van der Waals surface area contributed by atoms with Gasteiger partial charge in [-0.25, -0.2) is 4.39 Å². The molecule has 7 heteroatoms. The summed E-state index contributed by atoms with van der Waals surface area (Å²) in [6.07, 6.45) is 8.86. The average Bonchev–Trinajstić information content (AvgIpc) is 2.77. The highest BCUT2D eigenvalue weighted by atomic mass is 19.1. The van der Waals surface area contributed by atoms with Crippen LogP contribution in [0.15, 0.2) is 55.4 Å². The standard InChI is InChI=1S/C15H22N4O2.C4H5F.2C2H6/c1-2-3-4-5-11-10-12(6-7-13(11)19-17)15(21)18-9-8-14(16)20;1-2-3-4-5;2*1-2/h2-3,6-7,10,19H,4-5,8-9,17H2,1H3,(H2,16,20)(H,18,21);2-4H,1H2;2*1-2H3/b3-2-;4-3+;;. The summed E-state index contributed by atoms with van der Waals surface area (Å²) < 4.78 is 10.7. The Morgan fingerprint density at radius 2 is 1.83 bits per heavy atom. The number of halogens is 1. The SMILES string of the molecule is C/C=C\CCc1cc(C(=O)NCCC(N)=O)ccc1NN.C=C/C=C/F.CC.CC. The van der Waals surface area contributed by atoms with Gasteiger partial charge in [-0.2, -0.15) is 0 Å². The van der Waals surface area contributed by atoms with Crippen LogP contribution in [-0.4, -0.2) is 18.4 Å². The molecule has 0 radical (unpaired) electrons. The molecule has 0 aliphatic rings. The van der Waals surface area contributed by atoms with Crippen LogP contribution in [0.25, 0.3) is 0 Å². The number of carbonyl (C=O) groups is 2. The van der Waals surface area contributed by atoms with E-state index >= 15 is 0 Å². The molecule has 1 rings (SSSR count). The fourth-order valence-electron chi connectivity index (χ4n) is 1.94. The van der Waals surface area contributed by atoms with Gasteiger partial charge in [-0.05, 0) is 49.6 Å². The summed E-state index contributed by atoms with van der Waals surface area (Å²) >= 11 is 0. The van der Waals surface area contributed by atoms with Gasteiger partial charge in [0.15, 0.2) is 0 Å². The Morgan fingerprint density at radius 3 is 2.27 bits per heavy atom. The van der Waals surface area contributed by atoms with Gasteiger partial charge in [0.05, 0.1) is 12.0 Å². The number of amides is 2. The first-order valence-corrected chi connectivity index (χ1v) is 10.1. The molecule has 0 aromatic heterocycles. The molecule has 0 saturated heterocycles. The lowest BCUT2D eigenvalue weighted by atomic mass is 10.0. The van der Waals surface area contributed by atoms with Gasteiger partial charge >= 0.3 is 0 Å². The number of nitrogen functional groups attached to an aromatic ring is 1. The highest BCUT2D eigenvalue weighted by Crippen LogP contribution is 2.18. The van der Waals surface area contributed by atoms with Crippen LogP contribution >= 0.6 is 0 Å². The number of carbonyl (C=O) groups excluding carboxylic acids is 2.